The van der Waals surface area contributed by atoms with Crippen molar-refractivity contribution < 1.29 is 4.74 Å². The summed E-state index contributed by atoms with van der Waals surface area (Å²) in [6.07, 6.45) is 2.06. The van der Waals surface area contributed by atoms with E-state index < -0.39 is 0 Å². The fraction of sp³-hybridized carbons (Fsp3) is 0.333. The van der Waals surface area contributed by atoms with Gasteiger partial charge in [-0.15, -0.1) is 0 Å². The van der Waals surface area contributed by atoms with E-state index in [1.165, 1.54) is 5.56 Å². The van der Waals surface area contributed by atoms with Crippen LogP contribution >= 0.6 is 15.9 Å². The Labute approximate surface area is 135 Å². The van der Waals surface area contributed by atoms with Crippen molar-refractivity contribution in [2.45, 2.75) is 25.8 Å². The minimum absolute atomic E-state index is 0.475. The van der Waals surface area contributed by atoms with E-state index in [4.69, 9.17) is 4.74 Å². The third-order valence-corrected chi connectivity index (χ3v) is 3.81. The zero-order valence-electron chi connectivity index (χ0n) is 12.4. The smallest absolute Gasteiger partial charge is 0.119 e. The molecule has 21 heavy (non-hydrogen) atoms. The molecular weight excluding hydrogens is 326 g/mol. The zero-order valence-corrected chi connectivity index (χ0v) is 14.0. The summed E-state index contributed by atoms with van der Waals surface area (Å²) in [6, 6.07) is 19.0. The molecule has 0 aliphatic carbocycles. The van der Waals surface area contributed by atoms with E-state index in [1.54, 1.807) is 0 Å². The van der Waals surface area contributed by atoms with Crippen molar-refractivity contribution in [2.75, 3.05) is 13.2 Å². The summed E-state index contributed by atoms with van der Waals surface area (Å²) in [7, 11) is 0. The van der Waals surface area contributed by atoms with Crippen molar-refractivity contribution in [1.29, 1.82) is 0 Å². The van der Waals surface area contributed by atoms with Crippen LogP contribution in [0.1, 0.15) is 18.9 Å². The molecule has 0 heterocycles. The Hall–Kier alpha value is -1.32. The Morgan fingerprint density at radius 1 is 1.05 bits per heavy atom. The lowest BCUT2D eigenvalue weighted by Crippen LogP contribution is -2.29. The maximum Gasteiger partial charge on any atom is 0.119 e. The van der Waals surface area contributed by atoms with Crippen LogP contribution in [0.5, 0.6) is 5.75 Å². The molecule has 2 aromatic rings. The maximum atomic E-state index is 5.67. The summed E-state index contributed by atoms with van der Waals surface area (Å²) in [5.41, 5.74) is 1.36. The molecule has 112 valence electrons. The van der Waals surface area contributed by atoms with E-state index in [0.29, 0.717) is 6.04 Å². The molecular formula is C18H22BrNO. The monoisotopic (exact) mass is 347 g/mol. The van der Waals surface area contributed by atoms with Gasteiger partial charge in [-0.2, -0.15) is 0 Å². The summed E-state index contributed by atoms with van der Waals surface area (Å²) in [5, 5.41) is 3.54. The second-order valence-electron chi connectivity index (χ2n) is 5.20. The molecule has 0 aliphatic heterocycles. The summed E-state index contributed by atoms with van der Waals surface area (Å²) < 4.78 is 6.80. The number of hydrogen-bond donors (Lipinski definition) is 1. The normalized spacial score (nSPS) is 12.1. The molecule has 1 atom stereocenters. The van der Waals surface area contributed by atoms with Gasteiger partial charge in [-0.05, 0) is 56.1 Å². The molecule has 0 bridgehead atoms. The van der Waals surface area contributed by atoms with Crippen molar-refractivity contribution in [3.8, 4) is 5.75 Å². The second-order valence-corrected chi connectivity index (χ2v) is 6.12. The third-order valence-electron chi connectivity index (χ3n) is 3.28. The molecule has 0 aromatic heterocycles. The van der Waals surface area contributed by atoms with Gasteiger partial charge in [-0.3, -0.25) is 0 Å². The van der Waals surface area contributed by atoms with Crippen LogP contribution in [0.3, 0.4) is 0 Å². The highest BCUT2D eigenvalue weighted by Gasteiger charge is 2.02. The Balaban J connectivity index is 1.59. The first-order valence-electron chi connectivity index (χ1n) is 7.40. The SMILES string of the molecule is CC(Cc1ccc(Br)cc1)NCCCOc1ccccc1. The van der Waals surface area contributed by atoms with Crippen LogP contribution in [0.4, 0.5) is 0 Å². The molecule has 0 aliphatic rings. The lowest BCUT2D eigenvalue weighted by molar-refractivity contribution is 0.305. The Morgan fingerprint density at radius 3 is 2.48 bits per heavy atom. The molecule has 0 saturated heterocycles. The number of halogens is 1. The fourth-order valence-corrected chi connectivity index (χ4v) is 2.44. The molecule has 0 radical (unpaired) electrons. The topological polar surface area (TPSA) is 21.3 Å². The molecule has 0 fully saturated rings. The van der Waals surface area contributed by atoms with Gasteiger partial charge in [-0.1, -0.05) is 46.3 Å². The summed E-state index contributed by atoms with van der Waals surface area (Å²) >= 11 is 3.46. The van der Waals surface area contributed by atoms with Gasteiger partial charge in [0.05, 0.1) is 6.61 Å². The van der Waals surface area contributed by atoms with Crippen LogP contribution in [0.2, 0.25) is 0 Å². The van der Waals surface area contributed by atoms with Gasteiger partial charge >= 0.3 is 0 Å². The molecule has 1 unspecified atom stereocenters. The average Bonchev–Trinajstić information content (AvgIpc) is 2.50. The van der Waals surface area contributed by atoms with Crippen molar-refractivity contribution >= 4 is 15.9 Å². The maximum absolute atomic E-state index is 5.67. The highest BCUT2D eigenvalue weighted by molar-refractivity contribution is 9.10. The van der Waals surface area contributed by atoms with Gasteiger partial charge in [-0.25, -0.2) is 0 Å². The van der Waals surface area contributed by atoms with E-state index in [9.17, 15) is 0 Å². The number of hydrogen-bond acceptors (Lipinski definition) is 2. The first-order valence-corrected chi connectivity index (χ1v) is 8.19. The van der Waals surface area contributed by atoms with Crippen molar-refractivity contribution in [3.63, 3.8) is 0 Å². The standard InChI is InChI=1S/C18H22BrNO/c1-15(14-16-8-10-17(19)11-9-16)20-12-5-13-21-18-6-3-2-4-7-18/h2-4,6-11,15,20H,5,12-14H2,1H3. The predicted octanol–water partition coefficient (Wildman–Crippen LogP) is 4.44. The van der Waals surface area contributed by atoms with Crippen molar-refractivity contribution in [1.82, 2.24) is 5.32 Å². The first-order chi connectivity index (χ1) is 10.2. The van der Waals surface area contributed by atoms with Gasteiger partial charge in [0.25, 0.3) is 0 Å². The van der Waals surface area contributed by atoms with Crippen LogP contribution in [0.15, 0.2) is 59.1 Å². The van der Waals surface area contributed by atoms with Gasteiger partial charge < -0.3 is 10.1 Å². The van der Waals surface area contributed by atoms with Crippen LogP contribution < -0.4 is 10.1 Å². The Kier molecular flexibility index (Phi) is 6.77. The first kappa shape index (κ1) is 16.1. The highest BCUT2D eigenvalue weighted by atomic mass is 79.9. The van der Waals surface area contributed by atoms with Crippen LogP contribution in [0, 0.1) is 0 Å². The molecule has 2 nitrogen and oxygen atoms in total. The number of ether oxygens (including phenoxy) is 1. The van der Waals surface area contributed by atoms with Crippen LogP contribution in [-0.2, 0) is 6.42 Å². The van der Waals surface area contributed by atoms with Crippen molar-refractivity contribution in [3.05, 3.63) is 64.6 Å². The number of para-hydroxylation sites is 1. The lowest BCUT2D eigenvalue weighted by atomic mass is 10.1. The average molecular weight is 348 g/mol. The van der Waals surface area contributed by atoms with E-state index in [-0.39, 0.29) is 0 Å². The minimum Gasteiger partial charge on any atom is -0.494 e. The van der Waals surface area contributed by atoms with Gasteiger partial charge in [0.15, 0.2) is 0 Å². The molecule has 3 heteroatoms. The highest BCUT2D eigenvalue weighted by Crippen LogP contribution is 2.12. The van der Waals surface area contributed by atoms with Gasteiger partial charge in [0, 0.05) is 10.5 Å². The lowest BCUT2D eigenvalue weighted by Gasteiger charge is -2.14. The predicted molar refractivity (Wildman–Crippen MR) is 91.9 cm³/mol. The number of benzene rings is 2. The minimum atomic E-state index is 0.475. The third kappa shape index (κ3) is 6.32. The number of nitrogens with one attached hydrogen (secondary N) is 1. The molecule has 1 N–H and O–H groups in total. The Bertz CT molecular complexity index is 513. The number of rotatable bonds is 8. The van der Waals surface area contributed by atoms with Gasteiger partial charge in [0.1, 0.15) is 5.75 Å². The van der Waals surface area contributed by atoms with E-state index in [0.717, 1.165) is 36.2 Å². The summed E-state index contributed by atoms with van der Waals surface area (Å²) in [6.45, 7) is 3.95. The van der Waals surface area contributed by atoms with E-state index in [1.807, 2.05) is 30.3 Å². The molecule has 0 amide bonds. The fourth-order valence-electron chi connectivity index (χ4n) is 2.17. The summed E-state index contributed by atoms with van der Waals surface area (Å²) in [4.78, 5) is 0. The second kappa shape index (κ2) is 8.85. The summed E-state index contributed by atoms with van der Waals surface area (Å²) in [5.74, 6) is 0.945. The molecule has 0 saturated carbocycles. The van der Waals surface area contributed by atoms with Gasteiger partial charge in [0.2, 0.25) is 0 Å². The van der Waals surface area contributed by atoms with Crippen LogP contribution in [-0.4, -0.2) is 19.2 Å². The largest absolute Gasteiger partial charge is 0.494 e. The van der Waals surface area contributed by atoms with Crippen molar-refractivity contribution in [2.24, 2.45) is 0 Å². The molecule has 2 rings (SSSR count). The zero-order chi connectivity index (χ0) is 14.9. The quantitative estimate of drug-likeness (QED) is 0.712. The van der Waals surface area contributed by atoms with E-state index >= 15 is 0 Å². The molecule has 0 spiro atoms. The van der Waals surface area contributed by atoms with E-state index in [2.05, 4.69) is 52.4 Å². The van der Waals surface area contributed by atoms with Crippen LogP contribution in [0.25, 0.3) is 0 Å². The Morgan fingerprint density at radius 2 is 1.76 bits per heavy atom. The molecule has 2 aromatic carbocycles.